The number of halogens is 1. The Morgan fingerprint density at radius 2 is 2.00 bits per heavy atom. The Balaban J connectivity index is 1.38. The molecule has 2 aliphatic heterocycles. The minimum absolute atomic E-state index is 0.517. The molecule has 0 aliphatic carbocycles. The van der Waals surface area contributed by atoms with Gasteiger partial charge in [0.25, 0.3) is 0 Å². The van der Waals surface area contributed by atoms with Crippen LogP contribution in [0.4, 0.5) is 11.4 Å². The van der Waals surface area contributed by atoms with E-state index in [1.807, 2.05) is 24.3 Å². The molecule has 0 bridgehead atoms. The second kappa shape index (κ2) is 8.20. The summed E-state index contributed by atoms with van der Waals surface area (Å²) in [4.78, 5) is 8.74. The van der Waals surface area contributed by atoms with Crippen molar-refractivity contribution in [2.24, 2.45) is 5.10 Å². The van der Waals surface area contributed by atoms with Gasteiger partial charge in [0.05, 0.1) is 28.7 Å². The summed E-state index contributed by atoms with van der Waals surface area (Å²) in [5.74, 6) is 0.580. The highest BCUT2D eigenvalue weighted by atomic mass is 35.5. The van der Waals surface area contributed by atoms with Crippen molar-refractivity contribution in [3.05, 3.63) is 47.2 Å². The van der Waals surface area contributed by atoms with E-state index in [0.29, 0.717) is 34.6 Å². The number of anilines is 2. The number of thiocarbonyl (C=S) groups is 1. The number of piperazine rings is 1. The van der Waals surface area contributed by atoms with Crippen molar-refractivity contribution >= 4 is 46.0 Å². The van der Waals surface area contributed by atoms with E-state index in [1.54, 1.807) is 12.3 Å². The minimum atomic E-state index is 0.517. The SMILES string of the molecule is Nc1ccccc1N1CCN(C(=S)N/N=C2/CCOc3c(Cl)ccnc32)CC1. The fraction of sp³-hybridized carbons (Fsp3) is 0.316. The molecule has 28 heavy (non-hydrogen) atoms. The monoisotopic (exact) mass is 416 g/mol. The summed E-state index contributed by atoms with van der Waals surface area (Å²) in [6.07, 6.45) is 2.30. The average molecular weight is 417 g/mol. The van der Waals surface area contributed by atoms with Crippen molar-refractivity contribution in [3.8, 4) is 5.75 Å². The van der Waals surface area contributed by atoms with Crippen LogP contribution in [0.2, 0.25) is 5.02 Å². The Morgan fingerprint density at radius 3 is 2.79 bits per heavy atom. The number of aromatic nitrogens is 1. The van der Waals surface area contributed by atoms with Crippen molar-refractivity contribution in [2.75, 3.05) is 43.4 Å². The lowest BCUT2D eigenvalue weighted by molar-refractivity contribution is 0.318. The van der Waals surface area contributed by atoms with Crippen LogP contribution in [0, 0.1) is 0 Å². The number of ether oxygens (including phenoxy) is 1. The third kappa shape index (κ3) is 3.83. The fourth-order valence-electron chi connectivity index (χ4n) is 3.36. The van der Waals surface area contributed by atoms with Gasteiger partial charge in [-0.05, 0) is 30.4 Å². The van der Waals surface area contributed by atoms with Crippen LogP contribution >= 0.6 is 23.8 Å². The van der Waals surface area contributed by atoms with E-state index in [4.69, 9.17) is 34.3 Å². The van der Waals surface area contributed by atoms with Gasteiger partial charge >= 0.3 is 0 Å². The highest BCUT2D eigenvalue weighted by Crippen LogP contribution is 2.31. The van der Waals surface area contributed by atoms with Gasteiger partial charge in [0, 0.05) is 38.8 Å². The van der Waals surface area contributed by atoms with Crippen LogP contribution in [0.5, 0.6) is 5.75 Å². The molecule has 2 aromatic rings. The molecule has 1 aromatic carbocycles. The molecule has 4 rings (SSSR count). The van der Waals surface area contributed by atoms with Crippen molar-refractivity contribution in [3.63, 3.8) is 0 Å². The quantitative estimate of drug-likeness (QED) is 0.442. The first-order valence-electron chi connectivity index (χ1n) is 9.12. The van der Waals surface area contributed by atoms with Gasteiger partial charge in [-0.1, -0.05) is 23.7 Å². The summed E-state index contributed by atoms with van der Waals surface area (Å²) in [6, 6.07) is 9.64. The Morgan fingerprint density at radius 1 is 1.21 bits per heavy atom. The van der Waals surface area contributed by atoms with E-state index < -0.39 is 0 Å². The van der Waals surface area contributed by atoms with E-state index in [0.717, 1.165) is 43.3 Å². The van der Waals surface area contributed by atoms with Crippen LogP contribution < -0.4 is 20.8 Å². The molecule has 0 radical (unpaired) electrons. The number of benzene rings is 1. The van der Waals surface area contributed by atoms with Gasteiger partial charge in [0.1, 0.15) is 5.69 Å². The molecule has 0 saturated carbocycles. The molecule has 0 spiro atoms. The molecule has 0 unspecified atom stereocenters. The topological polar surface area (TPSA) is 79.0 Å². The fourth-order valence-corrected chi connectivity index (χ4v) is 3.79. The maximum atomic E-state index is 6.18. The van der Waals surface area contributed by atoms with Gasteiger partial charge in [-0.25, -0.2) is 0 Å². The Bertz CT molecular complexity index is 913. The molecule has 1 aromatic heterocycles. The molecule has 1 fully saturated rings. The number of para-hydroxylation sites is 2. The van der Waals surface area contributed by atoms with E-state index in [9.17, 15) is 0 Å². The first kappa shape index (κ1) is 18.8. The molecule has 7 nitrogen and oxygen atoms in total. The summed E-state index contributed by atoms with van der Waals surface area (Å²) in [7, 11) is 0. The molecular formula is C19H21ClN6OS. The van der Waals surface area contributed by atoms with Gasteiger partial charge in [0.2, 0.25) is 0 Å². The Hall–Kier alpha value is -2.58. The van der Waals surface area contributed by atoms with Crippen LogP contribution in [-0.2, 0) is 0 Å². The number of nitrogens with two attached hydrogens (primary N) is 1. The van der Waals surface area contributed by atoms with Crippen LogP contribution in [0.25, 0.3) is 0 Å². The second-order valence-electron chi connectivity index (χ2n) is 6.58. The molecule has 3 N–H and O–H groups in total. The summed E-state index contributed by atoms with van der Waals surface area (Å²) >= 11 is 11.7. The number of hydrogen-bond acceptors (Lipinski definition) is 6. The predicted octanol–water partition coefficient (Wildman–Crippen LogP) is 2.50. The zero-order chi connectivity index (χ0) is 19.5. The largest absolute Gasteiger partial charge is 0.489 e. The van der Waals surface area contributed by atoms with E-state index in [2.05, 4.69) is 25.3 Å². The van der Waals surface area contributed by atoms with Crippen molar-refractivity contribution in [2.45, 2.75) is 6.42 Å². The number of hydrazone groups is 1. The number of nitrogens with one attached hydrogen (secondary N) is 1. The molecule has 3 heterocycles. The summed E-state index contributed by atoms with van der Waals surface area (Å²) in [6.45, 7) is 3.81. The first-order valence-corrected chi connectivity index (χ1v) is 9.90. The smallest absolute Gasteiger partial charge is 0.189 e. The lowest BCUT2D eigenvalue weighted by atomic mass is 10.1. The maximum Gasteiger partial charge on any atom is 0.189 e. The molecule has 146 valence electrons. The van der Waals surface area contributed by atoms with Crippen molar-refractivity contribution in [1.29, 1.82) is 0 Å². The Labute approximate surface area is 174 Å². The van der Waals surface area contributed by atoms with Gasteiger partial charge in [-0.2, -0.15) is 5.10 Å². The van der Waals surface area contributed by atoms with Gasteiger partial charge in [-0.15, -0.1) is 0 Å². The van der Waals surface area contributed by atoms with Crippen LogP contribution in [0.1, 0.15) is 12.1 Å². The Kier molecular flexibility index (Phi) is 5.50. The molecule has 1 saturated heterocycles. The summed E-state index contributed by atoms with van der Waals surface area (Å²) in [5.41, 5.74) is 12.4. The highest BCUT2D eigenvalue weighted by Gasteiger charge is 2.23. The zero-order valence-corrected chi connectivity index (χ0v) is 16.8. The second-order valence-corrected chi connectivity index (χ2v) is 7.37. The molecule has 0 amide bonds. The molecular weight excluding hydrogens is 396 g/mol. The van der Waals surface area contributed by atoms with Crippen molar-refractivity contribution < 1.29 is 4.74 Å². The minimum Gasteiger partial charge on any atom is -0.489 e. The third-order valence-electron chi connectivity index (χ3n) is 4.85. The van der Waals surface area contributed by atoms with Crippen LogP contribution in [0.3, 0.4) is 0 Å². The van der Waals surface area contributed by atoms with Crippen LogP contribution in [0.15, 0.2) is 41.6 Å². The van der Waals surface area contributed by atoms with Gasteiger partial charge in [0.15, 0.2) is 10.9 Å². The number of fused-ring (bicyclic) bond motifs is 1. The molecule has 0 atom stereocenters. The molecule has 9 heteroatoms. The average Bonchev–Trinajstić information content (AvgIpc) is 2.73. The predicted molar refractivity (Wildman–Crippen MR) is 116 cm³/mol. The van der Waals surface area contributed by atoms with Crippen molar-refractivity contribution in [1.82, 2.24) is 15.3 Å². The first-order chi connectivity index (χ1) is 13.6. The summed E-state index contributed by atoms with van der Waals surface area (Å²) < 4.78 is 5.61. The van der Waals surface area contributed by atoms with Gasteiger partial charge < -0.3 is 20.3 Å². The number of pyridine rings is 1. The normalized spacial score (nSPS) is 17.8. The standard InChI is InChI=1S/C19H21ClN6OS/c20-13-5-7-22-17-15(6-12-27-18(13)17)23-24-19(28)26-10-8-25(9-11-26)16-4-2-1-3-14(16)21/h1-5,7H,6,8-12,21H2,(H,24,28)/b23-15-. The zero-order valence-electron chi connectivity index (χ0n) is 15.3. The third-order valence-corrected chi connectivity index (χ3v) is 5.49. The number of nitrogens with zero attached hydrogens (tertiary/aromatic N) is 4. The number of nitrogen functional groups attached to an aromatic ring is 1. The lowest BCUT2D eigenvalue weighted by Crippen LogP contribution is -2.51. The van der Waals surface area contributed by atoms with E-state index in [1.165, 1.54) is 0 Å². The van der Waals surface area contributed by atoms with Gasteiger partial charge in [-0.3, -0.25) is 10.4 Å². The highest BCUT2D eigenvalue weighted by molar-refractivity contribution is 7.80. The lowest BCUT2D eigenvalue weighted by Gasteiger charge is -2.37. The number of hydrogen-bond donors (Lipinski definition) is 2. The molecule has 2 aliphatic rings. The summed E-state index contributed by atoms with van der Waals surface area (Å²) in [5, 5.41) is 5.62. The van der Waals surface area contributed by atoms with E-state index >= 15 is 0 Å². The maximum absolute atomic E-state index is 6.18. The van der Waals surface area contributed by atoms with Crippen LogP contribution in [-0.4, -0.2) is 53.5 Å². The van der Waals surface area contributed by atoms with E-state index in [-0.39, 0.29) is 0 Å². The number of rotatable bonds is 2.